The summed E-state index contributed by atoms with van der Waals surface area (Å²) in [4.78, 5) is 0. The third-order valence-corrected chi connectivity index (χ3v) is 3.27. The third kappa shape index (κ3) is 6.54. The van der Waals surface area contributed by atoms with Gasteiger partial charge >= 0.3 is 0 Å². The molecule has 0 saturated carbocycles. The highest BCUT2D eigenvalue weighted by atomic mass is 32.2. The quantitative estimate of drug-likeness (QED) is 0.632. The Kier molecular flexibility index (Phi) is 7.39. The lowest BCUT2D eigenvalue weighted by Gasteiger charge is -2.11. The normalized spacial score (nSPS) is 12.9. The van der Waals surface area contributed by atoms with Crippen molar-refractivity contribution in [3.8, 4) is 6.07 Å². The summed E-state index contributed by atoms with van der Waals surface area (Å²) >= 11 is 1.95. The molecule has 1 nitrogen and oxygen atoms in total. The molecule has 0 fully saturated rings. The van der Waals surface area contributed by atoms with Crippen LogP contribution >= 0.6 is 11.8 Å². The maximum absolute atomic E-state index is 8.51. The van der Waals surface area contributed by atoms with Gasteiger partial charge in [0.15, 0.2) is 0 Å². The molecule has 0 aromatic carbocycles. The topological polar surface area (TPSA) is 23.8 Å². The van der Waals surface area contributed by atoms with Crippen molar-refractivity contribution < 1.29 is 0 Å². The molecule has 0 aromatic heterocycles. The van der Waals surface area contributed by atoms with Crippen molar-refractivity contribution in [3.63, 3.8) is 0 Å². The lowest BCUT2D eigenvalue weighted by Crippen LogP contribution is -2.01. The van der Waals surface area contributed by atoms with Crippen molar-refractivity contribution in [2.24, 2.45) is 5.92 Å². The minimum atomic E-state index is 0.564. The van der Waals surface area contributed by atoms with Crippen LogP contribution in [0.25, 0.3) is 0 Å². The molecule has 1 atom stereocenters. The van der Waals surface area contributed by atoms with Gasteiger partial charge in [-0.2, -0.15) is 17.0 Å². The Morgan fingerprint density at radius 2 is 2.08 bits per heavy atom. The molecule has 0 heterocycles. The maximum atomic E-state index is 8.51. The first-order chi connectivity index (χ1) is 5.70. The Balaban J connectivity index is 3.39. The molecular formula is C10H19NS. The summed E-state index contributed by atoms with van der Waals surface area (Å²) in [6.07, 6.45) is 3.10. The molecule has 0 aliphatic carbocycles. The van der Waals surface area contributed by atoms with Crippen molar-refractivity contribution in [1.82, 2.24) is 0 Å². The van der Waals surface area contributed by atoms with E-state index < -0.39 is 0 Å². The van der Waals surface area contributed by atoms with Gasteiger partial charge in [0.05, 0.1) is 6.07 Å². The number of hydrogen-bond acceptors (Lipinski definition) is 2. The second kappa shape index (κ2) is 7.49. The molecule has 1 unspecified atom stereocenters. The fraction of sp³-hybridized carbons (Fsp3) is 0.900. The Bertz CT molecular complexity index is 137. The van der Waals surface area contributed by atoms with Crippen molar-refractivity contribution in [2.75, 3.05) is 5.75 Å². The van der Waals surface area contributed by atoms with Crippen LogP contribution < -0.4 is 0 Å². The monoisotopic (exact) mass is 185 g/mol. The zero-order valence-corrected chi connectivity index (χ0v) is 9.16. The highest BCUT2D eigenvalue weighted by molar-refractivity contribution is 7.99. The summed E-state index contributed by atoms with van der Waals surface area (Å²) in [5.41, 5.74) is 0. The van der Waals surface area contributed by atoms with Gasteiger partial charge in [-0.3, -0.25) is 0 Å². The maximum Gasteiger partial charge on any atom is 0.0633 e. The van der Waals surface area contributed by atoms with E-state index in [0.29, 0.717) is 11.7 Å². The van der Waals surface area contributed by atoms with Crippen LogP contribution in [0.2, 0.25) is 0 Å². The number of thioether (sulfide) groups is 1. The van der Waals surface area contributed by atoms with Crippen molar-refractivity contribution in [1.29, 1.82) is 5.26 Å². The third-order valence-electron chi connectivity index (χ3n) is 1.82. The van der Waals surface area contributed by atoms with Gasteiger partial charge in [0.25, 0.3) is 0 Å². The van der Waals surface area contributed by atoms with E-state index >= 15 is 0 Å². The first kappa shape index (κ1) is 11.8. The molecule has 0 bridgehead atoms. The Hall–Kier alpha value is -0.160. The largest absolute Gasteiger partial charge is 0.198 e. The molecule has 0 aromatic rings. The van der Waals surface area contributed by atoms with Crippen LogP contribution in [0.4, 0.5) is 0 Å². The van der Waals surface area contributed by atoms with E-state index in [2.05, 4.69) is 26.8 Å². The van der Waals surface area contributed by atoms with Crippen molar-refractivity contribution >= 4 is 11.8 Å². The van der Waals surface area contributed by atoms with Gasteiger partial charge in [0.2, 0.25) is 0 Å². The molecule has 0 rings (SSSR count). The van der Waals surface area contributed by atoms with Crippen LogP contribution in [-0.4, -0.2) is 11.0 Å². The van der Waals surface area contributed by atoms with E-state index in [-0.39, 0.29) is 0 Å². The second-order valence-electron chi connectivity index (χ2n) is 3.45. The number of nitrogens with zero attached hydrogens (tertiary/aromatic N) is 1. The van der Waals surface area contributed by atoms with Crippen LogP contribution in [0.15, 0.2) is 0 Å². The first-order valence-electron chi connectivity index (χ1n) is 4.69. The number of rotatable bonds is 6. The van der Waals surface area contributed by atoms with Crippen molar-refractivity contribution in [3.05, 3.63) is 0 Å². The molecule has 0 saturated heterocycles. The minimum absolute atomic E-state index is 0.564. The van der Waals surface area contributed by atoms with Gasteiger partial charge in [-0.25, -0.2) is 0 Å². The average molecular weight is 185 g/mol. The van der Waals surface area contributed by atoms with Crippen LogP contribution in [-0.2, 0) is 0 Å². The van der Waals surface area contributed by atoms with E-state index in [4.69, 9.17) is 5.26 Å². The predicted octanol–water partition coefficient (Wildman–Crippen LogP) is 3.46. The SMILES string of the molecule is CCC(CC#N)SCCC(C)C. The summed E-state index contributed by atoms with van der Waals surface area (Å²) in [5.74, 6) is 2.00. The zero-order chi connectivity index (χ0) is 9.40. The minimum Gasteiger partial charge on any atom is -0.198 e. The van der Waals surface area contributed by atoms with E-state index in [1.54, 1.807) is 0 Å². The van der Waals surface area contributed by atoms with Crippen LogP contribution in [0.5, 0.6) is 0 Å². The molecular weight excluding hydrogens is 166 g/mol. The standard InChI is InChI=1S/C10H19NS/c1-4-10(5-7-11)12-8-6-9(2)3/h9-10H,4-6,8H2,1-3H3. The molecule has 0 amide bonds. The summed E-state index contributed by atoms with van der Waals surface area (Å²) in [6.45, 7) is 6.64. The number of hydrogen-bond donors (Lipinski definition) is 0. The van der Waals surface area contributed by atoms with Crippen LogP contribution in [0.3, 0.4) is 0 Å². The fourth-order valence-corrected chi connectivity index (χ4v) is 2.26. The lowest BCUT2D eigenvalue weighted by molar-refractivity contribution is 0.630. The number of nitriles is 1. The highest BCUT2D eigenvalue weighted by Gasteiger charge is 2.05. The van der Waals surface area contributed by atoms with E-state index in [1.165, 1.54) is 12.2 Å². The molecule has 0 N–H and O–H groups in total. The summed E-state index contributed by atoms with van der Waals surface area (Å²) < 4.78 is 0. The zero-order valence-electron chi connectivity index (χ0n) is 8.34. The smallest absolute Gasteiger partial charge is 0.0633 e. The molecule has 0 radical (unpaired) electrons. The fourth-order valence-electron chi connectivity index (χ4n) is 0.893. The molecule has 0 spiro atoms. The molecule has 0 aliphatic heterocycles. The molecule has 0 aliphatic rings. The van der Waals surface area contributed by atoms with Crippen LogP contribution in [0.1, 0.15) is 40.0 Å². The van der Waals surface area contributed by atoms with Gasteiger partial charge in [0.1, 0.15) is 0 Å². The van der Waals surface area contributed by atoms with Gasteiger partial charge < -0.3 is 0 Å². The summed E-state index contributed by atoms with van der Waals surface area (Å²) in [7, 11) is 0. The predicted molar refractivity (Wildman–Crippen MR) is 56.2 cm³/mol. The van der Waals surface area contributed by atoms with Crippen LogP contribution in [0, 0.1) is 17.2 Å². The Morgan fingerprint density at radius 1 is 1.42 bits per heavy atom. The molecule has 12 heavy (non-hydrogen) atoms. The molecule has 2 heteroatoms. The summed E-state index contributed by atoms with van der Waals surface area (Å²) in [6, 6.07) is 2.24. The first-order valence-corrected chi connectivity index (χ1v) is 5.74. The summed E-state index contributed by atoms with van der Waals surface area (Å²) in [5, 5.41) is 9.08. The second-order valence-corrected chi connectivity index (χ2v) is 4.85. The van der Waals surface area contributed by atoms with Gasteiger partial charge in [-0.05, 0) is 24.5 Å². The highest BCUT2D eigenvalue weighted by Crippen LogP contribution is 2.19. The van der Waals surface area contributed by atoms with Gasteiger partial charge in [0, 0.05) is 11.7 Å². The van der Waals surface area contributed by atoms with E-state index in [9.17, 15) is 0 Å². The molecule has 70 valence electrons. The Labute approximate surface area is 80.5 Å². The van der Waals surface area contributed by atoms with Gasteiger partial charge in [-0.15, -0.1) is 0 Å². The van der Waals surface area contributed by atoms with Gasteiger partial charge in [-0.1, -0.05) is 20.8 Å². The van der Waals surface area contributed by atoms with E-state index in [1.807, 2.05) is 11.8 Å². The van der Waals surface area contributed by atoms with Crippen molar-refractivity contribution in [2.45, 2.75) is 45.3 Å². The lowest BCUT2D eigenvalue weighted by atomic mass is 10.2. The average Bonchev–Trinajstić information content (AvgIpc) is 2.02. The van der Waals surface area contributed by atoms with E-state index in [0.717, 1.165) is 12.3 Å². The Morgan fingerprint density at radius 3 is 2.50 bits per heavy atom.